The number of benzene rings is 1. The number of nitrogen functional groups attached to an aromatic ring is 1. The standard InChI is InChI=1S/C17H26N2O2/c1-4-21-17(20)14-8-9-15(16(18)10-14)11-19-12(2)6-5-7-13(19)3/h8-10,12-13H,4-7,11,18H2,1-3H3. The lowest BCUT2D eigenvalue weighted by Gasteiger charge is -2.39. The van der Waals surface area contributed by atoms with E-state index in [2.05, 4.69) is 18.7 Å². The molecule has 0 aromatic heterocycles. The van der Waals surface area contributed by atoms with Crippen LogP contribution in [0.5, 0.6) is 0 Å². The zero-order valence-electron chi connectivity index (χ0n) is 13.3. The number of rotatable bonds is 4. The topological polar surface area (TPSA) is 55.6 Å². The fourth-order valence-corrected chi connectivity index (χ4v) is 3.06. The average molecular weight is 290 g/mol. The van der Waals surface area contributed by atoms with Crippen LogP contribution in [0, 0.1) is 0 Å². The number of hydrogen-bond acceptors (Lipinski definition) is 4. The maximum Gasteiger partial charge on any atom is 0.338 e. The van der Waals surface area contributed by atoms with Crippen molar-refractivity contribution >= 4 is 11.7 Å². The minimum absolute atomic E-state index is 0.310. The minimum Gasteiger partial charge on any atom is -0.462 e. The van der Waals surface area contributed by atoms with Crippen molar-refractivity contribution in [2.45, 2.75) is 58.7 Å². The van der Waals surface area contributed by atoms with Gasteiger partial charge >= 0.3 is 5.97 Å². The summed E-state index contributed by atoms with van der Waals surface area (Å²) >= 11 is 0. The average Bonchev–Trinajstić information content (AvgIpc) is 2.44. The van der Waals surface area contributed by atoms with Crippen molar-refractivity contribution in [2.75, 3.05) is 12.3 Å². The second-order valence-electron chi connectivity index (χ2n) is 5.94. The van der Waals surface area contributed by atoms with Crippen LogP contribution < -0.4 is 5.73 Å². The van der Waals surface area contributed by atoms with Crippen molar-refractivity contribution in [3.63, 3.8) is 0 Å². The first-order valence-electron chi connectivity index (χ1n) is 7.84. The summed E-state index contributed by atoms with van der Waals surface area (Å²) in [4.78, 5) is 14.2. The molecule has 0 amide bonds. The number of carbonyl (C=O) groups excluding carboxylic acids is 1. The van der Waals surface area contributed by atoms with E-state index in [0.29, 0.717) is 29.9 Å². The number of carbonyl (C=O) groups is 1. The van der Waals surface area contributed by atoms with Gasteiger partial charge in [-0.2, -0.15) is 0 Å². The predicted octanol–water partition coefficient (Wildman–Crippen LogP) is 3.21. The van der Waals surface area contributed by atoms with E-state index in [1.165, 1.54) is 19.3 Å². The third-order valence-electron chi connectivity index (χ3n) is 4.39. The molecule has 1 aliphatic rings. The van der Waals surface area contributed by atoms with Gasteiger partial charge in [0.15, 0.2) is 0 Å². The van der Waals surface area contributed by atoms with Gasteiger partial charge in [0.05, 0.1) is 12.2 Å². The molecule has 2 unspecified atom stereocenters. The minimum atomic E-state index is -0.310. The number of ether oxygens (including phenoxy) is 1. The molecule has 0 saturated carbocycles. The number of piperidine rings is 1. The summed E-state index contributed by atoms with van der Waals surface area (Å²) in [5.74, 6) is -0.310. The Morgan fingerprint density at radius 1 is 1.33 bits per heavy atom. The molecule has 2 rings (SSSR count). The summed E-state index contributed by atoms with van der Waals surface area (Å²) in [6.45, 7) is 7.58. The van der Waals surface area contributed by atoms with Crippen molar-refractivity contribution in [3.05, 3.63) is 29.3 Å². The van der Waals surface area contributed by atoms with Gasteiger partial charge in [-0.15, -0.1) is 0 Å². The largest absolute Gasteiger partial charge is 0.462 e. The summed E-state index contributed by atoms with van der Waals surface area (Å²) in [5.41, 5.74) is 8.41. The van der Waals surface area contributed by atoms with Crippen LogP contribution in [-0.2, 0) is 11.3 Å². The van der Waals surface area contributed by atoms with Crippen LogP contribution >= 0.6 is 0 Å². The van der Waals surface area contributed by atoms with Gasteiger partial charge in [0.25, 0.3) is 0 Å². The van der Waals surface area contributed by atoms with Crippen LogP contribution in [0.15, 0.2) is 18.2 Å². The number of nitrogens with two attached hydrogens (primary N) is 1. The smallest absolute Gasteiger partial charge is 0.338 e. The highest BCUT2D eigenvalue weighted by Gasteiger charge is 2.25. The number of likely N-dealkylation sites (tertiary alicyclic amines) is 1. The van der Waals surface area contributed by atoms with Crippen LogP contribution in [0.2, 0.25) is 0 Å². The van der Waals surface area contributed by atoms with Crippen molar-refractivity contribution in [1.82, 2.24) is 4.90 Å². The van der Waals surface area contributed by atoms with Gasteiger partial charge in [-0.25, -0.2) is 4.79 Å². The Balaban J connectivity index is 2.12. The molecule has 1 aromatic carbocycles. The van der Waals surface area contributed by atoms with E-state index in [1.807, 2.05) is 12.1 Å². The quantitative estimate of drug-likeness (QED) is 0.683. The highest BCUT2D eigenvalue weighted by atomic mass is 16.5. The molecule has 1 saturated heterocycles. The summed E-state index contributed by atoms with van der Waals surface area (Å²) in [5, 5.41) is 0. The Morgan fingerprint density at radius 3 is 2.57 bits per heavy atom. The van der Waals surface area contributed by atoms with Crippen LogP contribution in [0.3, 0.4) is 0 Å². The van der Waals surface area contributed by atoms with Crippen molar-refractivity contribution in [1.29, 1.82) is 0 Å². The SMILES string of the molecule is CCOC(=O)c1ccc(CN2C(C)CCCC2C)c(N)c1. The molecular weight excluding hydrogens is 264 g/mol. The van der Waals surface area contributed by atoms with E-state index in [4.69, 9.17) is 10.5 Å². The molecule has 1 aliphatic heterocycles. The fourth-order valence-electron chi connectivity index (χ4n) is 3.06. The molecule has 116 valence electrons. The summed E-state index contributed by atoms with van der Waals surface area (Å²) < 4.78 is 5.00. The van der Waals surface area contributed by atoms with Crippen LogP contribution in [0.25, 0.3) is 0 Å². The second-order valence-corrected chi connectivity index (χ2v) is 5.94. The molecule has 1 aromatic rings. The van der Waals surface area contributed by atoms with Gasteiger partial charge in [-0.1, -0.05) is 12.5 Å². The van der Waals surface area contributed by atoms with E-state index >= 15 is 0 Å². The van der Waals surface area contributed by atoms with Gasteiger partial charge in [0.1, 0.15) is 0 Å². The van der Waals surface area contributed by atoms with E-state index in [-0.39, 0.29) is 5.97 Å². The molecule has 0 bridgehead atoms. The Morgan fingerprint density at radius 2 is 2.00 bits per heavy atom. The summed E-state index contributed by atoms with van der Waals surface area (Å²) in [7, 11) is 0. The lowest BCUT2D eigenvalue weighted by Crippen LogP contribution is -2.43. The van der Waals surface area contributed by atoms with Gasteiger partial charge in [0.2, 0.25) is 0 Å². The molecule has 1 fully saturated rings. The Hall–Kier alpha value is -1.55. The van der Waals surface area contributed by atoms with E-state index < -0.39 is 0 Å². The third-order valence-corrected chi connectivity index (χ3v) is 4.39. The van der Waals surface area contributed by atoms with Crippen molar-refractivity contribution in [2.24, 2.45) is 0 Å². The first kappa shape index (κ1) is 15.8. The Kier molecular flexibility index (Phi) is 5.23. The number of esters is 1. The maximum absolute atomic E-state index is 11.7. The van der Waals surface area contributed by atoms with Gasteiger partial charge in [-0.3, -0.25) is 4.90 Å². The van der Waals surface area contributed by atoms with Gasteiger partial charge in [0, 0.05) is 24.3 Å². The first-order chi connectivity index (χ1) is 10.0. The molecule has 4 nitrogen and oxygen atoms in total. The van der Waals surface area contributed by atoms with Gasteiger partial charge < -0.3 is 10.5 Å². The monoisotopic (exact) mass is 290 g/mol. The molecular formula is C17H26N2O2. The van der Waals surface area contributed by atoms with Crippen molar-refractivity contribution < 1.29 is 9.53 Å². The van der Waals surface area contributed by atoms with Crippen LogP contribution in [0.1, 0.15) is 56.0 Å². The molecule has 0 radical (unpaired) electrons. The number of anilines is 1. The third kappa shape index (κ3) is 3.76. The van der Waals surface area contributed by atoms with E-state index in [1.54, 1.807) is 13.0 Å². The molecule has 2 atom stereocenters. The summed E-state index contributed by atoms with van der Waals surface area (Å²) in [6, 6.07) is 6.65. The highest BCUT2D eigenvalue weighted by Crippen LogP contribution is 2.26. The fraction of sp³-hybridized carbons (Fsp3) is 0.588. The lowest BCUT2D eigenvalue weighted by molar-refractivity contribution is 0.0526. The molecule has 1 heterocycles. The Labute approximate surface area is 127 Å². The normalized spacial score (nSPS) is 23.0. The zero-order chi connectivity index (χ0) is 15.4. The number of hydrogen-bond donors (Lipinski definition) is 1. The summed E-state index contributed by atoms with van der Waals surface area (Å²) in [6.07, 6.45) is 3.78. The molecule has 2 N–H and O–H groups in total. The van der Waals surface area contributed by atoms with E-state index in [9.17, 15) is 4.79 Å². The Bertz CT molecular complexity index is 492. The molecule has 0 spiro atoms. The lowest BCUT2D eigenvalue weighted by atomic mass is 9.96. The van der Waals surface area contributed by atoms with Crippen LogP contribution in [-0.4, -0.2) is 29.6 Å². The maximum atomic E-state index is 11.7. The van der Waals surface area contributed by atoms with Crippen LogP contribution in [0.4, 0.5) is 5.69 Å². The van der Waals surface area contributed by atoms with E-state index in [0.717, 1.165) is 12.1 Å². The van der Waals surface area contributed by atoms with Gasteiger partial charge in [-0.05, 0) is 51.3 Å². The highest BCUT2D eigenvalue weighted by molar-refractivity contribution is 5.90. The molecule has 4 heteroatoms. The predicted molar refractivity (Wildman–Crippen MR) is 85.1 cm³/mol. The second kappa shape index (κ2) is 6.94. The first-order valence-corrected chi connectivity index (χ1v) is 7.84. The molecule has 0 aliphatic carbocycles. The number of nitrogens with zero attached hydrogens (tertiary/aromatic N) is 1. The van der Waals surface area contributed by atoms with Crippen molar-refractivity contribution in [3.8, 4) is 0 Å². The molecule has 21 heavy (non-hydrogen) atoms. The zero-order valence-corrected chi connectivity index (χ0v) is 13.3.